The van der Waals surface area contributed by atoms with E-state index in [1.54, 1.807) is 19.2 Å². The van der Waals surface area contributed by atoms with Crippen LogP contribution < -0.4 is 10.1 Å². The maximum absolute atomic E-state index is 13.9. The Bertz CT molecular complexity index is 863. The molecule has 1 saturated carbocycles. The summed E-state index contributed by atoms with van der Waals surface area (Å²) in [5, 5.41) is 14.2. The summed E-state index contributed by atoms with van der Waals surface area (Å²) in [4.78, 5) is 4.32. The molecule has 0 bridgehead atoms. The monoisotopic (exact) mass is 413 g/mol. The highest BCUT2D eigenvalue weighted by molar-refractivity contribution is 5.29. The van der Waals surface area contributed by atoms with Crippen molar-refractivity contribution >= 4 is 0 Å². The van der Waals surface area contributed by atoms with Crippen molar-refractivity contribution in [2.45, 2.75) is 49.7 Å². The molecule has 4 rings (SSSR count). The van der Waals surface area contributed by atoms with E-state index in [1.165, 1.54) is 6.07 Å². The van der Waals surface area contributed by atoms with Crippen molar-refractivity contribution in [1.82, 2.24) is 15.1 Å². The predicted molar refractivity (Wildman–Crippen MR) is 116 cm³/mol. The van der Waals surface area contributed by atoms with Crippen LogP contribution in [0.1, 0.15) is 36.8 Å². The van der Waals surface area contributed by atoms with Gasteiger partial charge in [0.2, 0.25) is 0 Å². The molecule has 2 N–H and O–H groups in total. The Labute approximate surface area is 178 Å². The van der Waals surface area contributed by atoms with E-state index in [-0.39, 0.29) is 16.9 Å². The summed E-state index contributed by atoms with van der Waals surface area (Å²) in [5.41, 5.74) is 1.89. The standard InChI is InChI=1S/C24H32FN3O2/c1-27(2)24(19-5-4-6-20(25)15-19)13-11-23(12-14-24)17-28(22(29)26-23)16-18-7-9-21(30-3)10-8-18/h4-10,15,22,26,29H,11-14,16-17H2,1-3H3. The van der Waals surface area contributed by atoms with Gasteiger partial charge in [-0.2, -0.15) is 0 Å². The Balaban J connectivity index is 1.46. The van der Waals surface area contributed by atoms with Gasteiger partial charge in [0.15, 0.2) is 6.35 Å². The highest BCUT2D eigenvalue weighted by Gasteiger charge is 2.49. The smallest absolute Gasteiger partial charge is 0.163 e. The number of nitrogens with one attached hydrogen (secondary N) is 1. The summed E-state index contributed by atoms with van der Waals surface area (Å²) in [5.74, 6) is 0.647. The number of benzene rings is 2. The molecule has 6 heteroatoms. The highest BCUT2D eigenvalue weighted by atomic mass is 19.1. The van der Waals surface area contributed by atoms with Crippen LogP contribution in [0.4, 0.5) is 4.39 Å². The number of halogens is 1. The molecule has 0 radical (unpaired) electrons. The zero-order valence-corrected chi connectivity index (χ0v) is 18.1. The van der Waals surface area contributed by atoms with Crippen LogP contribution in [0.5, 0.6) is 5.75 Å². The molecule has 1 unspecified atom stereocenters. The van der Waals surface area contributed by atoms with Gasteiger partial charge in [0.25, 0.3) is 0 Å². The van der Waals surface area contributed by atoms with E-state index in [4.69, 9.17) is 4.74 Å². The molecule has 1 heterocycles. The Morgan fingerprint density at radius 2 is 1.83 bits per heavy atom. The fourth-order valence-corrected chi connectivity index (χ4v) is 5.21. The summed E-state index contributed by atoms with van der Waals surface area (Å²) in [6.07, 6.45) is 3.03. The van der Waals surface area contributed by atoms with Crippen molar-refractivity contribution in [2.24, 2.45) is 0 Å². The molecule has 1 atom stereocenters. The van der Waals surface area contributed by atoms with Gasteiger partial charge >= 0.3 is 0 Å². The topological polar surface area (TPSA) is 48.0 Å². The van der Waals surface area contributed by atoms with Gasteiger partial charge in [-0.05, 0) is 75.2 Å². The lowest BCUT2D eigenvalue weighted by molar-refractivity contribution is 0.0126. The number of hydrogen-bond acceptors (Lipinski definition) is 5. The van der Waals surface area contributed by atoms with Crippen LogP contribution in [0.15, 0.2) is 48.5 Å². The van der Waals surface area contributed by atoms with Crippen molar-refractivity contribution in [2.75, 3.05) is 27.7 Å². The zero-order chi connectivity index (χ0) is 21.4. The molecule has 1 spiro atoms. The van der Waals surface area contributed by atoms with Gasteiger partial charge in [-0.3, -0.25) is 15.1 Å². The van der Waals surface area contributed by atoms with E-state index >= 15 is 0 Å². The first-order chi connectivity index (χ1) is 14.4. The van der Waals surface area contributed by atoms with Crippen LogP contribution in [0, 0.1) is 5.82 Å². The Hall–Kier alpha value is -1.99. The Morgan fingerprint density at radius 1 is 1.13 bits per heavy atom. The van der Waals surface area contributed by atoms with Crippen LogP contribution in [0.2, 0.25) is 0 Å². The number of rotatable bonds is 5. The van der Waals surface area contributed by atoms with Gasteiger partial charge in [0.1, 0.15) is 11.6 Å². The van der Waals surface area contributed by atoms with Gasteiger partial charge in [0.05, 0.1) is 7.11 Å². The van der Waals surface area contributed by atoms with E-state index in [2.05, 4.69) is 29.2 Å². The molecule has 1 saturated heterocycles. The van der Waals surface area contributed by atoms with Crippen LogP contribution in [-0.4, -0.2) is 54.5 Å². The molecule has 162 valence electrons. The zero-order valence-electron chi connectivity index (χ0n) is 18.1. The van der Waals surface area contributed by atoms with Crippen LogP contribution in [0.3, 0.4) is 0 Å². The van der Waals surface area contributed by atoms with Crippen LogP contribution >= 0.6 is 0 Å². The molecule has 1 aliphatic heterocycles. The Kier molecular flexibility index (Phi) is 5.86. The van der Waals surface area contributed by atoms with Crippen molar-refractivity contribution < 1.29 is 14.2 Å². The lowest BCUT2D eigenvalue weighted by atomic mass is 9.69. The van der Waals surface area contributed by atoms with Gasteiger partial charge in [0, 0.05) is 24.2 Å². The van der Waals surface area contributed by atoms with E-state index in [1.807, 2.05) is 30.3 Å². The fraction of sp³-hybridized carbons (Fsp3) is 0.500. The minimum atomic E-state index is -0.659. The number of aliphatic hydroxyl groups is 1. The third kappa shape index (κ3) is 3.97. The third-order valence-electron chi connectivity index (χ3n) is 7.08. The number of aliphatic hydroxyl groups excluding tert-OH is 1. The molecule has 2 fully saturated rings. The molecule has 2 aromatic rings. The molecule has 5 nitrogen and oxygen atoms in total. The lowest BCUT2D eigenvalue weighted by Gasteiger charge is -2.49. The second-order valence-electron chi connectivity index (χ2n) is 8.99. The molecule has 2 aromatic carbocycles. The van der Waals surface area contributed by atoms with Crippen molar-refractivity contribution in [3.05, 3.63) is 65.5 Å². The van der Waals surface area contributed by atoms with Crippen molar-refractivity contribution in [3.8, 4) is 5.75 Å². The quantitative estimate of drug-likeness (QED) is 0.788. The first-order valence-electron chi connectivity index (χ1n) is 10.6. The van der Waals surface area contributed by atoms with E-state index in [0.717, 1.165) is 49.1 Å². The maximum atomic E-state index is 13.9. The lowest BCUT2D eigenvalue weighted by Crippen LogP contribution is -2.54. The Morgan fingerprint density at radius 3 is 2.43 bits per heavy atom. The third-order valence-corrected chi connectivity index (χ3v) is 7.08. The van der Waals surface area contributed by atoms with Gasteiger partial charge < -0.3 is 9.84 Å². The van der Waals surface area contributed by atoms with Crippen LogP contribution in [-0.2, 0) is 12.1 Å². The minimum Gasteiger partial charge on any atom is -0.497 e. The predicted octanol–water partition coefficient (Wildman–Crippen LogP) is 3.29. The fourth-order valence-electron chi connectivity index (χ4n) is 5.21. The van der Waals surface area contributed by atoms with Crippen molar-refractivity contribution in [3.63, 3.8) is 0 Å². The normalized spacial score (nSPS) is 29.6. The highest BCUT2D eigenvalue weighted by Crippen LogP contribution is 2.46. The number of nitrogens with zero attached hydrogens (tertiary/aromatic N) is 2. The second-order valence-corrected chi connectivity index (χ2v) is 8.99. The van der Waals surface area contributed by atoms with E-state index in [0.29, 0.717) is 6.54 Å². The molecule has 2 aliphatic rings. The SMILES string of the molecule is COc1ccc(CN2CC3(CCC(c4cccc(F)c4)(N(C)C)CC3)NC2O)cc1. The van der Waals surface area contributed by atoms with Crippen LogP contribution in [0.25, 0.3) is 0 Å². The largest absolute Gasteiger partial charge is 0.497 e. The second kappa shape index (κ2) is 8.27. The number of hydrogen-bond donors (Lipinski definition) is 2. The van der Waals surface area contributed by atoms with Gasteiger partial charge in [-0.15, -0.1) is 0 Å². The summed E-state index contributed by atoms with van der Waals surface area (Å²) in [6.45, 7) is 1.48. The number of ether oxygens (including phenoxy) is 1. The number of methoxy groups -OCH3 is 1. The van der Waals surface area contributed by atoms with E-state index < -0.39 is 6.35 Å². The first-order valence-corrected chi connectivity index (χ1v) is 10.6. The summed E-state index contributed by atoms with van der Waals surface area (Å²) >= 11 is 0. The summed E-state index contributed by atoms with van der Waals surface area (Å²) < 4.78 is 19.2. The molecular formula is C24H32FN3O2. The molecular weight excluding hydrogens is 381 g/mol. The van der Waals surface area contributed by atoms with Crippen molar-refractivity contribution in [1.29, 1.82) is 0 Å². The average Bonchev–Trinajstić information content (AvgIpc) is 3.04. The molecule has 0 amide bonds. The molecule has 30 heavy (non-hydrogen) atoms. The minimum absolute atomic E-state index is 0.112. The first kappa shape index (κ1) is 21.2. The summed E-state index contributed by atoms with van der Waals surface area (Å²) in [6, 6.07) is 15.0. The molecule has 1 aliphatic carbocycles. The molecule has 0 aromatic heterocycles. The maximum Gasteiger partial charge on any atom is 0.163 e. The van der Waals surface area contributed by atoms with Gasteiger partial charge in [-0.25, -0.2) is 4.39 Å². The van der Waals surface area contributed by atoms with Gasteiger partial charge in [-0.1, -0.05) is 24.3 Å². The summed E-state index contributed by atoms with van der Waals surface area (Å²) in [7, 11) is 5.82. The van der Waals surface area contributed by atoms with E-state index in [9.17, 15) is 9.50 Å². The average molecular weight is 414 g/mol.